The van der Waals surface area contributed by atoms with Crippen LogP contribution < -0.4 is 0 Å². The van der Waals surface area contributed by atoms with Gasteiger partial charge >= 0.3 is 35.5 Å². The Morgan fingerprint density at radius 1 is 1.38 bits per heavy atom. The van der Waals surface area contributed by atoms with Gasteiger partial charge in [0.2, 0.25) is 0 Å². The second-order valence-electron chi connectivity index (χ2n) is 2.65. The number of phenols is 1. The predicted molar refractivity (Wildman–Crippen MR) is 56.4 cm³/mol. The summed E-state index contributed by atoms with van der Waals surface area (Å²) in [7, 11) is -3.50. The van der Waals surface area contributed by atoms with Gasteiger partial charge < -0.3 is 9.84 Å². The number of ether oxygens (including phenoxy) is 1. The fraction of sp³-hybridized carbons (Fsp3) is 0.125. The van der Waals surface area contributed by atoms with E-state index in [0.29, 0.717) is 0 Å². The Labute approximate surface area is 114 Å². The van der Waals surface area contributed by atoms with Gasteiger partial charge in [-0.2, -0.15) is 8.42 Å². The van der Waals surface area contributed by atoms with Crippen LogP contribution in [0.3, 0.4) is 0 Å². The molecule has 1 aromatic carbocycles. The number of hydrogen-bond donors (Lipinski definition) is 2. The molecule has 0 fully saturated rings. The number of carbonyl (C=O) groups is 1. The third-order valence-electron chi connectivity index (χ3n) is 1.65. The molecule has 2 N–H and O–H groups in total. The molecule has 1 rings (SSSR count). The van der Waals surface area contributed by atoms with Crippen molar-refractivity contribution in [2.75, 3.05) is 7.11 Å². The van der Waals surface area contributed by atoms with Crippen LogP contribution in [0.15, 0.2) is 23.1 Å². The van der Waals surface area contributed by atoms with Crippen LogP contribution >= 0.6 is 0 Å². The van der Waals surface area contributed by atoms with E-state index in [4.69, 9.17) is 9.66 Å². The number of phenolic OH excluding ortho intramolecular Hbond substituents is 1. The van der Waals surface area contributed by atoms with E-state index in [1.54, 1.807) is 0 Å². The summed E-state index contributed by atoms with van der Waals surface area (Å²) >= 11 is 0. The van der Waals surface area contributed by atoms with Crippen molar-refractivity contribution in [3.8, 4) is 5.75 Å². The van der Waals surface area contributed by atoms with Gasteiger partial charge in [-0.3, -0.25) is 4.55 Å². The molecule has 84 valence electrons. The Bertz CT molecular complexity index is 495. The molecule has 0 aromatic heterocycles. The normalized spacial score (nSPS) is 10.4. The van der Waals surface area contributed by atoms with Gasteiger partial charge in [0.25, 0.3) is 10.1 Å². The Morgan fingerprint density at radius 2 is 1.94 bits per heavy atom. The second-order valence-corrected chi connectivity index (χ2v) is 4.04. The van der Waals surface area contributed by atoms with E-state index < -0.39 is 21.0 Å². The number of esters is 1. The topological polar surface area (TPSA) is 101 Å². The van der Waals surface area contributed by atoms with E-state index in [2.05, 4.69) is 4.74 Å². The van der Waals surface area contributed by atoms with Crippen LogP contribution in [0.25, 0.3) is 0 Å². The summed E-state index contributed by atoms with van der Waals surface area (Å²) in [5, 5.41) is 9.03. The average molecular weight is 256 g/mol. The molecule has 16 heavy (non-hydrogen) atoms. The van der Waals surface area contributed by atoms with E-state index in [-0.39, 0.29) is 40.9 Å². The van der Waals surface area contributed by atoms with Crippen molar-refractivity contribution in [3.05, 3.63) is 23.8 Å². The van der Waals surface area contributed by atoms with Crippen LogP contribution in [-0.2, 0) is 14.9 Å². The van der Waals surface area contributed by atoms with Crippen molar-refractivity contribution in [2.45, 2.75) is 4.90 Å². The summed E-state index contributed by atoms with van der Waals surface area (Å²) in [6.45, 7) is 0. The third-order valence-corrected chi connectivity index (χ3v) is 2.54. The summed E-state index contributed by atoms with van der Waals surface area (Å²) in [5.74, 6) is -1.29. The van der Waals surface area contributed by atoms with Crippen LogP contribution in [-0.4, -0.2) is 60.7 Å². The van der Waals surface area contributed by atoms with Gasteiger partial charge in [-0.05, 0) is 12.1 Å². The van der Waals surface area contributed by atoms with E-state index in [9.17, 15) is 13.2 Å². The molecule has 6 nitrogen and oxygen atoms in total. The Morgan fingerprint density at radius 3 is 2.38 bits per heavy atom. The first-order chi connectivity index (χ1) is 6.86. The number of aromatic hydroxyl groups is 1. The van der Waals surface area contributed by atoms with E-state index in [1.807, 2.05) is 0 Å². The molecule has 0 radical (unpaired) electrons. The Balaban J connectivity index is 0.00000225. The van der Waals surface area contributed by atoms with Gasteiger partial charge in [0.15, 0.2) is 0 Å². The first-order valence-electron chi connectivity index (χ1n) is 3.75. The van der Waals surface area contributed by atoms with E-state index in [1.165, 1.54) is 0 Å². The average Bonchev–Trinajstić information content (AvgIpc) is 2.15. The summed E-state index contributed by atoms with van der Waals surface area (Å²) in [6, 6.07) is 2.92. The maximum absolute atomic E-state index is 11.1. The number of methoxy groups -OCH3 is 1. The van der Waals surface area contributed by atoms with Crippen LogP contribution in [0.5, 0.6) is 5.75 Å². The quantitative estimate of drug-likeness (QED) is 0.431. The molecule has 0 spiro atoms. The number of benzene rings is 1. The molecule has 0 unspecified atom stereocenters. The number of rotatable bonds is 2. The number of carbonyl (C=O) groups excluding carboxylic acids is 1. The van der Waals surface area contributed by atoms with Gasteiger partial charge in [0.1, 0.15) is 10.6 Å². The third kappa shape index (κ3) is 3.46. The Hall–Kier alpha value is -0.600. The summed E-state index contributed by atoms with van der Waals surface area (Å²) in [6.07, 6.45) is 0. The van der Waals surface area contributed by atoms with Crippen molar-refractivity contribution in [1.82, 2.24) is 0 Å². The van der Waals surface area contributed by atoms with E-state index in [0.717, 1.165) is 25.3 Å². The van der Waals surface area contributed by atoms with Crippen molar-refractivity contribution >= 4 is 45.6 Å². The molecular weight excluding hydrogens is 247 g/mol. The zero-order chi connectivity index (χ0) is 11.6. The first kappa shape index (κ1) is 15.4. The molecule has 0 saturated carbocycles. The van der Waals surface area contributed by atoms with Gasteiger partial charge in [0, 0.05) is 6.07 Å². The van der Waals surface area contributed by atoms with Gasteiger partial charge in [0.05, 0.1) is 12.7 Å². The Kier molecular flexibility index (Phi) is 5.43. The minimum atomic E-state index is -4.57. The zero-order valence-electron chi connectivity index (χ0n) is 7.67. The van der Waals surface area contributed by atoms with Crippen molar-refractivity contribution in [1.29, 1.82) is 0 Å². The molecule has 0 atom stereocenters. The van der Waals surface area contributed by atoms with Crippen LogP contribution in [0, 0.1) is 0 Å². The summed E-state index contributed by atoms with van der Waals surface area (Å²) in [5.41, 5.74) is -0.335. The molecule has 0 saturated heterocycles. The van der Waals surface area contributed by atoms with Crippen molar-refractivity contribution in [3.63, 3.8) is 0 Å². The van der Waals surface area contributed by atoms with E-state index >= 15 is 0 Å². The second kappa shape index (κ2) is 5.65. The van der Waals surface area contributed by atoms with Crippen LogP contribution in [0.1, 0.15) is 10.4 Å². The predicted octanol–water partition coefficient (Wildman–Crippen LogP) is -0.223. The monoisotopic (exact) mass is 256 g/mol. The fourth-order valence-corrected chi connectivity index (χ4v) is 1.70. The SMILES string of the molecule is COC(=O)c1ccc(O)cc1S(=O)(=O)O.[NaH]. The number of hydrogen-bond acceptors (Lipinski definition) is 5. The van der Waals surface area contributed by atoms with Crippen molar-refractivity contribution < 1.29 is 27.6 Å². The fourth-order valence-electron chi connectivity index (χ4n) is 1.00. The first-order valence-corrected chi connectivity index (χ1v) is 5.19. The maximum atomic E-state index is 11.1. The van der Waals surface area contributed by atoms with Crippen molar-refractivity contribution in [2.24, 2.45) is 0 Å². The minimum absolute atomic E-state index is 0. The molecule has 0 heterocycles. The summed E-state index contributed by atoms with van der Waals surface area (Å²) < 4.78 is 34.8. The van der Waals surface area contributed by atoms with Gasteiger partial charge in [-0.1, -0.05) is 0 Å². The molecule has 8 heteroatoms. The standard InChI is InChI=1S/C8H8O6S.Na.H/c1-14-8(10)6-3-2-5(9)4-7(6)15(11,12)13;;/h2-4,9H,1H3,(H,11,12,13);;. The molecule has 0 aliphatic carbocycles. The molecule has 0 aliphatic heterocycles. The van der Waals surface area contributed by atoms with Gasteiger partial charge in [-0.15, -0.1) is 0 Å². The van der Waals surface area contributed by atoms with Gasteiger partial charge in [-0.25, -0.2) is 4.79 Å². The molecule has 0 bridgehead atoms. The molecular formula is C8H9NaO6S. The summed E-state index contributed by atoms with van der Waals surface area (Å²) in [4.78, 5) is 10.4. The molecule has 0 aliphatic rings. The molecule has 0 amide bonds. The molecule has 1 aromatic rings. The van der Waals surface area contributed by atoms with Crippen LogP contribution in [0.4, 0.5) is 0 Å². The van der Waals surface area contributed by atoms with Crippen LogP contribution in [0.2, 0.25) is 0 Å². The zero-order valence-corrected chi connectivity index (χ0v) is 8.48.